The van der Waals surface area contributed by atoms with Crippen molar-refractivity contribution in [2.75, 3.05) is 48.6 Å². The number of carbonyl (C=O) groups is 10. The van der Waals surface area contributed by atoms with Crippen molar-refractivity contribution < 1.29 is 173 Å². The number of carbonyl (C=O) groups excluding carboxylic acids is 8. The van der Waals surface area contributed by atoms with Gasteiger partial charge in [-0.05, 0) is 180 Å². The lowest BCUT2D eigenvalue weighted by Gasteiger charge is -2.31. The number of amides is 4. The number of nitrogens with zero attached hydrogens (tertiary/aromatic N) is 14. The molecule has 3 saturated heterocycles. The van der Waals surface area contributed by atoms with Crippen LogP contribution in [0.15, 0.2) is 91.8 Å². The average Bonchev–Trinajstić information content (AvgIpc) is 1.55. The van der Waals surface area contributed by atoms with Crippen LogP contribution in [-0.4, -0.2) is 249 Å². The normalized spacial score (nSPS) is 20.4. The van der Waals surface area contributed by atoms with E-state index >= 15 is 13.2 Å². The van der Waals surface area contributed by atoms with E-state index in [1.165, 1.54) is 43.8 Å². The highest BCUT2D eigenvalue weighted by Crippen LogP contribution is 2.45. The molecular weight excluding hydrogens is 2120 g/mol. The summed E-state index contributed by atoms with van der Waals surface area (Å²) in [5.41, 5.74) is -6.80. The van der Waals surface area contributed by atoms with Gasteiger partial charge in [0, 0.05) is 30.0 Å². The number of rotatable bonds is 27. The van der Waals surface area contributed by atoms with Gasteiger partial charge in [-0.25, -0.2) is 66.5 Å². The number of ketones is 2. The number of halogens is 16. The molecule has 0 bridgehead atoms. The Morgan fingerprint density at radius 1 is 0.476 bits per heavy atom. The molecule has 6 aromatic heterocycles. The molecule has 40 nitrogen and oxygen atoms in total. The number of aromatic nitrogens is 12. The van der Waals surface area contributed by atoms with Crippen molar-refractivity contribution in [3.05, 3.63) is 141 Å². The lowest BCUT2D eigenvalue weighted by atomic mass is 9.89. The number of imide groups is 2. The number of hydrogen-bond donors (Lipinski definition) is 4. The molecule has 9 heterocycles. The van der Waals surface area contributed by atoms with Gasteiger partial charge in [0.2, 0.25) is 27.6 Å². The molecule has 0 saturated carbocycles. The van der Waals surface area contributed by atoms with Crippen LogP contribution in [-0.2, 0) is 122 Å². The van der Waals surface area contributed by atoms with Gasteiger partial charge in [0.1, 0.15) is 40.1 Å². The lowest BCUT2D eigenvalue weighted by Crippen LogP contribution is -2.52. The second-order valence-corrected chi connectivity index (χ2v) is 38.7. The molecule has 14 atom stereocenters. The summed E-state index contributed by atoms with van der Waals surface area (Å²) in [6.07, 6.45) is -33.5. The van der Waals surface area contributed by atoms with Crippen LogP contribution in [0.1, 0.15) is 177 Å². The summed E-state index contributed by atoms with van der Waals surface area (Å²) in [6.45, 7) is 25.5. The van der Waals surface area contributed by atoms with E-state index in [1.54, 1.807) is 103 Å². The van der Waals surface area contributed by atoms with Gasteiger partial charge in [-0.2, -0.15) is 79.2 Å². The Bertz CT molecular complexity index is 6230. The van der Waals surface area contributed by atoms with Gasteiger partial charge < -0.3 is 77.9 Å². The minimum absolute atomic E-state index is 0.0427. The first-order valence-electron chi connectivity index (χ1n) is 44.3. The van der Waals surface area contributed by atoms with E-state index in [4.69, 9.17) is 97.4 Å². The van der Waals surface area contributed by atoms with E-state index in [2.05, 4.69) is 60.8 Å². The Balaban J connectivity index is 0.000000234. The number of benzene rings is 3. The van der Waals surface area contributed by atoms with Crippen LogP contribution in [0.2, 0.25) is 15.9 Å². The van der Waals surface area contributed by atoms with Crippen molar-refractivity contribution in [1.29, 1.82) is 0 Å². The molecule has 147 heavy (non-hydrogen) atoms. The number of alkyl halides is 13. The fourth-order valence-electron chi connectivity index (χ4n) is 14.4. The van der Waals surface area contributed by atoms with Gasteiger partial charge in [0.25, 0.3) is 5.60 Å². The highest BCUT2D eigenvalue weighted by atomic mass is 79.9. The summed E-state index contributed by atoms with van der Waals surface area (Å²) in [6, 6.07) is 12.7. The van der Waals surface area contributed by atoms with Crippen LogP contribution in [0.25, 0.3) is 33.5 Å². The molecule has 804 valence electrons. The second-order valence-electron chi connectivity index (χ2n) is 37.1. The number of Topliss-reactive ketones (excluding diaryl/α,β-unsaturated/α-hetero) is 2. The SMILES string of the molecule is CCOC(=O)C(Cc1cccc(C(F)(F)F)c1)(OC[C@H]1O[C@@H](n2cnc3c(N(C(=O)OC(C)(C)C)C(=O)OC(C)(C)C)nc(Cl)nc32)[C@@H](F)[C@@H]1C)C(C)=O.CCOC(=O)C(OC[C@H]1O[C@@H](n2cnc3c(N(C(=O)OC(C)(C)C)C(=O)OC(C)(C)C)nc(Cl)nc32)[C@@H](F)[C@@H]1C)C(C)=O.FC(F)(F)c1cccc(CBr)c1.Nc1nc(Cl)nc2c1ncn2[C@@H]1O[C@H](COC(Cc2cccc(C(F)(F)F)c2)(C(=O)O)C(=O)O)[C@@H](O)[C@@H]1F. The van der Waals surface area contributed by atoms with Crippen molar-refractivity contribution in [2.24, 2.45) is 11.8 Å². The van der Waals surface area contributed by atoms with Crippen LogP contribution in [0.5, 0.6) is 0 Å². The topological polar surface area (TPSA) is 505 Å². The number of carboxylic acid groups (broad SMARTS) is 2. The zero-order valence-corrected chi connectivity index (χ0v) is 85.4. The van der Waals surface area contributed by atoms with Crippen LogP contribution >= 0.6 is 50.7 Å². The fourth-order valence-corrected chi connectivity index (χ4v) is 15.2. The number of carboxylic acids is 2. The average molecular weight is 2220 g/mol. The van der Waals surface area contributed by atoms with Crippen LogP contribution < -0.4 is 15.5 Å². The first-order chi connectivity index (χ1) is 68.0. The zero-order valence-electron chi connectivity index (χ0n) is 81.5. The van der Waals surface area contributed by atoms with Gasteiger partial charge in [-0.1, -0.05) is 84.4 Å². The minimum Gasteiger partial charge on any atom is -0.479 e. The summed E-state index contributed by atoms with van der Waals surface area (Å²) in [5.74, 6) is -10.1. The number of aliphatic hydroxyl groups is 1. The van der Waals surface area contributed by atoms with Gasteiger partial charge in [0.05, 0.1) is 80.9 Å². The molecule has 3 fully saturated rings. The first kappa shape index (κ1) is 119. The van der Waals surface area contributed by atoms with Crippen LogP contribution in [0, 0.1) is 11.8 Å². The Labute approximate surface area is 852 Å². The van der Waals surface area contributed by atoms with E-state index in [0.29, 0.717) is 26.8 Å². The maximum Gasteiger partial charge on any atom is 0.425 e. The van der Waals surface area contributed by atoms with Gasteiger partial charge in [0.15, 0.2) is 94.2 Å². The highest BCUT2D eigenvalue weighted by Gasteiger charge is 2.55. The van der Waals surface area contributed by atoms with E-state index in [9.17, 15) is 103 Å². The number of imidazole rings is 3. The van der Waals surface area contributed by atoms with Crippen molar-refractivity contribution in [3.8, 4) is 0 Å². The predicted molar refractivity (Wildman–Crippen MR) is 497 cm³/mol. The largest absolute Gasteiger partial charge is 0.479 e. The molecule has 0 radical (unpaired) electrons. The number of hydrogen-bond acceptors (Lipinski definition) is 33. The van der Waals surface area contributed by atoms with Crippen molar-refractivity contribution in [2.45, 2.75) is 263 Å². The second kappa shape index (κ2) is 47.3. The molecule has 0 aliphatic carbocycles. The molecule has 3 aliphatic heterocycles. The number of aliphatic hydroxyl groups excluding tert-OH is 1. The Morgan fingerprint density at radius 3 is 1.17 bits per heavy atom. The third kappa shape index (κ3) is 29.4. The van der Waals surface area contributed by atoms with E-state index in [1.807, 2.05) is 0 Å². The molecule has 9 aromatic rings. The zero-order chi connectivity index (χ0) is 110. The van der Waals surface area contributed by atoms with Gasteiger partial charge >= 0.3 is 66.8 Å². The smallest absolute Gasteiger partial charge is 0.425 e. The van der Waals surface area contributed by atoms with Crippen LogP contribution in [0.4, 0.5) is 89.3 Å². The van der Waals surface area contributed by atoms with Crippen molar-refractivity contribution >= 4 is 161 Å². The molecule has 5 N–H and O–H groups in total. The third-order valence-corrected chi connectivity index (χ3v) is 22.5. The first-order valence-corrected chi connectivity index (χ1v) is 46.6. The standard InChI is InChI=1S/C35H42ClF4N5O9.C27H37ClFN5O9.C21H18ClF4N5O7.C8H6BrF3/c1-10-50-28(47)34(19(3)46,15-20-12-11-13-21(14-20)35(38,39)40)51-16-22-18(2)23(37)27(52-22)44-17-41-24-25(44)42-29(36)43-26(24)45(30(48)53-32(4,5)6)31(49)54-33(7,8)9;1-10-39-22(36)18(14(3)35)40-11-15-13(2)16(29)21(41-15)33-12-30-17-19(33)31-23(28)32-20(17)34(24(37)42-26(4,5)6)25(38)43-27(7,8)9;22-19-29-14(27)12-15(30-19)31(7-28-12)16-11(23)13(32)10(38-16)6-37-20(17(33)34,18(35)36)5-8-2-1-3-9(4-8)21(24,25)26;9-5-6-2-1-3-7(4-6)8(10,11)12/h11-14,17-18,22-23,27H,10,15-16H2,1-9H3;12-13,15-16,18,21H,10-11H2,1-9H3;1-4,7,10-11,13,16,32H,5-6H2,(H,33,34)(H,35,36)(H2,27,29,30);1-4H,5H2/t18-,22-,23+,27-,34?;13-,15-,16+,18?,21-;10-,11+,13-,16-;/m111./s1. The monoisotopic (exact) mass is 2220 g/mol. The number of nitrogens with two attached hydrogens (primary N) is 1. The molecule has 56 heteroatoms. The van der Waals surface area contributed by atoms with E-state index in [0.717, 1.165) is 77.2 Å². The summed E-state index contributed by atoms with van der Waals surface area (Å²) in [5, 5.41) is 29.1. The van der Waals surface area contributed by atoms with Gasteiger partial charge in [-0.3, -0.25) is 23.3 Å². The molecule has 2 unspecified atom stereocenters. The summed E-state index contributed by atoms with van der Waals surface area (Å²) in [4.78, 5) is 165. The van der Waals surface area contributed by atoms with Crippen molar-refractivity contribution in [3.63, 3.8) is 0 Å². The number of anilines is 3. The quantitative estimate of drug-likeness (QED) is 0.00927. The fraction of sp³-hybridized carbons (Fsp3) is 0.527. The molecule has 0 spiro atoms. The molecule has 3 aliphatic rings. The third-order valence-electron chi connectivity index (χ3n) is 21.3. The number of esters is 2. The number of aliphatic carboxylic acids is 2. The molecule has 12 rings (SSSR count). The van der Waals surface area contributed by atoms with Crippen LogP contribution in [0.3, 0.4) is 0 Å². The van der Waals surface area contributed by atoms with E-state index < -0.39 is 245 Å². The maximum atomic E-state index is 16.1. The van der Waals surface area contributed by atoms with Gasteiger partial charge in [-0.15, -0.1) is 0 Å². The minimum atomic E-state index is -4.77. The number of fused-ring (bicyclic) bond motifs is 3. The summed E-state index contributed by atoms with van der Waals surface area (Å²) in [7, 11) is 0. The highest BCUT2D eigenvalue weighted by molar-refractivity contribution is 9.08. The predicted octanol–water partition coefficient (Wildman–Crippen LogP) is 17.2. The maximum absolute atomic E-state index is 16.1. The Morgan fingerprint density at radius 2 is 0.810 bits per heavy atom. The Hall–Kier alpha value is -12.0. The molecule has 3 aromatic carbocycles. The summed E-state index contributed by atoms with van der Waals surface area (Å²) >= 11 is 21.4. The number of ether oxygens (including phenoxy) is 12. The van der Waals surface area contributed by atoms with Crippen molar-refractivity contribution in [1.82, 2.24) is 58.6 Å². The summed E-state index contributed by atoms with van der Waals surface area (Å²) < 4.78 is 232. The Kier molecular flexibility index (Phi) is 38.1. The molecular formula is C91H103BrCl3F12N15O25. The molecule has 4 amide bonds. The van der Waals surface area contributed by atoms with E-state index in [-0.39, 0.29) is 86.6 Å². The lowest BCUT2D eigenvalue weighted by molar-refractivity contribution is -0.190. The number of nitrogen functional groups attached to an aromatic ring is 1.